The van der Waals surface area contributed by atoms with Crippen molar-refractivity contribution >= 4 is 40.7 Å². The van der Waals surface area contributed by atoms with E-state index in [-0.39, 0.29) is 34.8 Å². The van der Waals surface area contributed by atoms with E-state index in [0.29, 0.717) is 19.0 Å². The average Bonchev–Trinajstić information content (AvgIpc) is 3.44. The molecule has 4 rings (SSSR count). The molecule has 1 unspecified atom stereocenters. The lowest BCUT2D eigenvalue weighted by Gasteiger charge is -2.24. The third-order valence-electron chi connectivity index (χ3n) is 5.78. The van der Waals surface area contributed by atoms with E-state index in [0.717, 1.165) is 22.5 Å². The second-order valence-electron chi connectivity index (χ2n) is 9.62. The number of anilines is 1. The number of fused-ring (bicyclic) bond motifs is 1. The maximum absolute atomic E-state index is 13.5. The van der Waals surface area contributed by atoms with Crippen molar-refractivity contribution in [1.29, 1.82) is 0 Å². The van der Waals surface area contributed by atoms with Gasteiger partial charge in [-0.1, -0.05) is 39.0 Å². The van der Waals surface area contributed by atoms with Gasteiger partial charge in [-0.15, -0.1) is 23.1 Å². The van der Waals surface area contributed by atoms with Gasteiger partial charge in [0.15, 0.2) is 0 Å². The molecule has 0 bridgehead atoms. The van der Waals surface area contributed by atoms with Crippen LogP contribution in [0.25, 0.3) is 5.69 Å². The Balaban J connectivity index is 1.93. The fraction of sp³-hybridized carbons (Fsp3) is 0.423. The smallest absolute Gasteiger partial charge is 0.240 e. The summed E-state index contributed by atoms with van der Waals surface area (Å²) in [4.78, 5) is 29.2. The number of methoxy groups -OCH3 is 1. The summed E-state index contributed by atoms with van der Waals surface area (Å²) in [5.74, 6) is 0.623. The molecule has 3 heterocycles. The third kappa shape index (κ3) is 5.47. The Labute approximate surface area is 214 Å². The van der Waals surface area contributed by atoms with Crippen molar-refractivity contribution in [3.63, 3.8) is 0 Å². The highest BCUT2D eigenvalue weighted by atomic mass is 32.2. The van der Waals surface area contributed by atoms with E-state index in [4.69, 9.17) is 9.84 Å². The van der Waals surface area contributed by atoms with Crippen LogP contribution in [0.4, 0.5) is 5.82 Å². The van der Waals surface area contributed by atoms with E-state index in [1.54, 1.807) is 35.1 Å². The van der Waals surface area contributed by atoms with E-state index in [1.807, 2.05) is 35.9 Å². The van der Waals surface area contributed by atoms with Gasteiger partial charge in [-0.05, 0) is 36.1 Å². The van der Waals surface area contributed by atoms with Crippen LogP contribution in [0.3, 0.4) is 0 Å². The molecule has 1 atom stereocenters. The molecule has 0 aliphatic carbocycles. The molecule has 0 saturated carbocycles. The Kier molecular flexibility index (Phi) is 7.68. The topological polar surface area (TPSA) is 76.5 Å². The number of benzene rings is 1. The average molecular weight is 513 g/mol. The molecular formula is C26H32N4O3S2. The fourth-order valence-corrected chi connectivity index (χ4v) is 6.35. The SMILES string of the molecule is COCCNC(=O)CN1C(=O)CSC(c2cccs2)c2c(C(C)(C)C)nn(-c3cccc(C)c3)c21. The summed E-state index contributed by atoms with van der Waals surface area (Å²) in [5, 5.41) is 9.97. The molecule has 35 heavy (non-hydrogen) atoms. The normalized spacial score (nSPS) is 16.2. The Bertz CT molecular complexity index is 1200. The van der Waals surface area contributed by atoms with Gasteiger partial charge in [-0.2, -0.15) is 5.10 Å². The van der Waals surface area contributed by atoms with E-state index in [2.05, 4.69) is 43.6 Å². The van der Waals surface area contributed by atoms with Crippen LogP contribution >= 0.6 is 23.1 Å². The molecule has 1 aromatic carbocycles. The predicted octanol–water partition coefficient (Wildman–Crippen LogP) is 4.47. The van der Waals surface area contributed by atoms with E-state index in [1.165, 1.54) is 4.88 Å². The standard InChI is InChI=1S/C26H32N4O3S2/c1-17-8-6-9-18(14-17)30-25-22(24(28-30)26(2,3)4)23(19-10-7-13-34-19)35-16-21(32)29(25)15-20(31)27-11-12-33-5/h6-10,13-14,23H,11-12,15-16H2,1-5H3,(H,27,31). The minimum Gasteiger partial charge on any atom is -0.383 e. The highest BCUT2D eigenvalue weighted by Crippen LogP contribution is 2.49. The number of carbonyl (C=O) groups is 2. The quantitative estimate of drug-likeness (QED) is 0.473. The minimum atomic E-state index is -0.269. The zero-order valence-corrected chi connectivity index (χ0v) is 22.5. The number of ether oxygens (including phenoxy) is 1. The number of hydrogen-bond donors (Lipinski definition) is 1. The molecule has 186 valence electrons. The van der Waals surface area contributed by atoms with Crippen LogP contribution in [0.2, 0.25) is 0 Å². The summed E-state index contributed by atoms with van der Waals surface area (Å²) in [6.07, 6.45) is 0. The molecule has 7 nitrogen and oxygen atoms in total. The van der Waals surface area contributed by atoms with E-state index < -0.39 is 0 Å². The van der Waals surface area contributed by atoms with Gasteiger partial charge in [0.25, 0.3) is 0 Å². The Morgan fingerprint density at radius 1 is 1.26 bits per heavy atom. The van der Waals surface area contributed by atoms with Crippen molar-refractivity contribution in [2.75, 3.05) is 37.5 Å². The van der Waals surface area contributed by atoms with E-state index in [9.17, 15) is 9.59 Å². The lowest BCUT2D eigenvalue weighted by atomic mass is 9.88. The second-order valence-corrected chi connectivity index (χ2v) is 11.7. The van der Waals surface area contributed by atoms with Crippen molar-refractivity contribution in [3.05, 3.63) is 63.5 Å². The minimum absolute atomic E-state index is 0.0525. The second kappa shape index (κ2) is 10.6. The fourth-order valence-electron chi connectivity index (χ4n) is 4.17. The number of rotatable bonds is 7. The molecule has 1 aliphatic rings. The Morgan fingerprint density at radius 3 is 2.71 bits per heavy atom. The first-order valence-corrected chi connectivity index (χ1v) is 13.5. The Morgan fingerprint density at radius 2 is 2.06 bits per heavy atom. The maximum Gasteiger partial charge on any atom is 0.240 e. The Hall–Kier alpha value is -2.62. The molecule has 1 aliphatic heterocycles. The summed E-state index contributed by atoms with van der Waals surface area (Å²) < 4.78 is 6.91. The number of hydrogen-bond acceptors (Lipinski definition) is 6. The van der Waals surface area contributed by atoms with Crippen molar-refractivity contribution in [3.8, 4) is 5.69 Å². The number of carbonyl (C=O) groups excluding carboxylic acids is 2. The number of thioether (sulfide) groups is 1. The summed E-state index contributed by atoms with van der Waals surface area (Å²) in [6, 6.07) is 12.2. The molecule has 0 saturated heterocycles. The number of nitrogens with one attached hydrogen (secondary N) is 1. The number of thiophene rings is 1. The molecule has 0 spiro atoms. The molecular weight excluding hydrogens is 480 g/mol. The summed E-state index contributed by atoms with van der Waals surface area (Å²) in [6.45, 7) is 9.18. The van der Waals surface area contributed by atoms with Gasteiger partial charge in [0.2, 0.25) is 11.8 Å². The van der Waals surface area contributed by atoms with Gasteiger partial charge in [0, 0.05) is 29.5 Å². The van der Waals surface area contributed by atoms with Gasteiger partial charge in [-0.25, -0.2) is 4.68 Å². The third-order valence-corrected chi connectivity index (χ3v) is 8.10. The number of amides is 2. The first kappa shape index (κ1) is 25.5. The zero-order valence-electron chi connectivity index (χ0n) is 20.8. The summed E-state index contributed by atoms with van der Waals surface area (Å²) in [7, 11) is 1.59. The monoisotopic (exact) mass is 512 g/mol. The highest BCUT2D eigenvalue weighted by Gasteiger charge is 2.40. The van der Waals surface area contributed by atoms with Gasteiger partial charge in [-0.3, -0.25) is 14.5 Å². The largest absolute Gasteiger partial charge is 0.383 e. The zero-order chi connectivity index (χ0) is 25.2. The van der Waals surface area contributed by atoms with Crippen molar-refractivity contribution in [2.24, 2.45) is 0 Å². The molecule has 0 fully saturated rings. The maximum atomic E-state index is 13.5. The summed E-state index contributed by atoms with van der Waals surface area (Å²) >= 11 is 3.28. The lowest BCUT2D eigenvalue weighted by Crippen LogP contribution is -2.43. The molecule has 9 heteroatoms. The number of nitrogens with zero attached hydrogens (tertiary/aromatic N) is 3. The summed E-state index contributed by atoms with van der Waals surface area (Å²) in [5.41, 5.74) is 3.62. The first-order chi connectivity index (χ1) is 16.7. The highest BCUT2D eigenvalue weighted by molar-refractivity contribution is 8.00. The van der Waals surface area contributed by atoms with Crippen molar-refractivity contribution < 1.29 is 14.3 Å². The van der Waals surface area contributed by atoms with Crippen LogP contribution in [0.15, 0.2) is 41.8 Å². The van der Waals surface area contributed by atoms with Crippen LogP contribution in [-0.2, 0) is 19.7 Å². The molecule has 2 amide bonds. The molecule has 3 aromatic rings. The van der Waals surface area contributed by atoms with E-state index >= 15 is 0 Å². The van der Waals surface area contributed by atoms with Crippen LogP contribution in [0.5, 0.6) is 0 Å². The number of aromatic nitrogens is 2. The molecule has 1 N–H and O–H groups in total. The van der Waals surface area contributed by atoms with Crippen LogP contribution in [0.1, 0.15) is 47.7 Å². The van der Waals surface area contributed by atoms with Crippen LogP contribution < -0.4 is 10.2 Å². The molecule has 2 aromatic heterocycles. The van der Waals surface area contributed by atoms with Gasteiger partial charge in [0.05, 0.1) is 29.0 Å². The van der Waals surface area contributed by atoms with Gasteiger partial charge >= 0.3 is 0 Å². The molecule has 0 radical (unpaired) electrons. The van der Waals surface area contributed by atoms with Gasteiger partial charge in [0.1, 0.15) is 12.4 Å². The van der Waals surface area contributed by atoms with Gasteiger partial charge < -0.3 is 10.1 Å². The van der Waals surface area contributed by atoms with Crippen LogP contribution in [0, 0.1) is 6.92 Å². The van der Waals surface area contributed by atoms with Crippen LogP contribution in [-0.4, -0.2) is 54.2 Å². The van der Waals surface area contributed by atoms with Crippen molar-refractivity contribution in [2.45, 2.75) is 38.4 Å². The first-order valence-electron chi connectivity index (χ1n) is 11.6. The predicted molar refractivity (Wildman–Crippen MR) is 143 cm³/mol. The van der Waals surface area contributed by atoms with Crippen molar-refractivity contribution in [1.82, 2.24) is 15.1 Å². The lowest BCUT2D eigenvalue weighted by molar-refractivity contribution is -0.123. The number of aryl methyl sites for hydroxylation is 1.